The van der Waals surface area contributed by atoms with Gasteiger partial charge in [-0.1, -0.05) is 12.8 Å². The Labute approximate surface area is 117 Å². The molecule has 0 heterocycles. The standard InChI is InChI=1S/C15H29N3O/c1-3-18(13-8-9-13)15(19)11-17(2)14-7-5-4-6-12(14)10-16/h12-14H,3-11,16H2,1-2H3. The number of hydrogen-bond acceptors (Lipinski definition) is 3. The summed E-state index contributed by atoms with van der Waals surface area (Å²) in [6.07, 6.45) is 7.38. The predicted molar refractivity (Wildman–Crippen MR) is 77.8 cm³/mol. The van der Waals surface area contributed by atoms with Gasteiger partial charge in [-0.2, -0.15) is 0 Å². The van der Waals surface area contributed by atoms with Gasteiger partial charge < -0.3 is 10.6 Å². The second-order valence-corrected chi connectivity index (χ2v) is 6.17. The van der Waals surface area contributed by atoms with E-state index >= 15 is 0 Å². The van der Waals surface area contributed by atoms with Crippen LogP contribution in [0.25, 0.3) is 0 Å². The first-order valence-corrected chi connectivity index (χ1v) is 7.87. The summed E-state index contributed by atoms with van der Waals surface area (Å²) < 4.78 is 0. The molecule has 0 radical (unpaired) electrons. The van der Waals surface area contributed by atoms with Crippen LogP contribution in [0.2, 0.25) is 0 Å². The molecule has 2 saturated carbocycles. The summed E-state index contributed by atoms with van der Waals surface area (Å²) in [7, 11) is 2.09. The highest BCUT2D eigenvalue weighted by Crippen LogP contribution is 2.29. The van der Waals surface area contributed by atoms with E-state index in [1.54, 1.807) is 0 Å². The Bertz CT molecular complexity index is 304. The van der Waals surface area contributed by atoms with Crippen molar-refractivity contribution in [1.29, 1.82) is 0 Å². The van der Waals surface area contributed by atoms with Gasteiger partial charge >= 0.3 is 0 Å². The zero-order chi connectivity index (χ0) is 13.8. The van der Waals surface area contributed by atoms with Crippen LogP contribution >= 0.6 is 0 Å². The van der Waals surface area contributed by atoms with E-state index in [-0.39, 0.29) is 0 Å². The van der Waals surface area contributed by atoms with Gasteiger partial charge in [-0.3, -0.25) is 9.69 Å². The molecule has 2 aliphatic carbocycles. The molecule has 4 heteroatoms. The second-order valence-electron chi connectivity index (χ2n) is 6.17. The SMILES string of the molecule is CCN(C(=O)CN(C)C1CCCCC1CN)C1CC1. The topological polar surface area (TPSA) is 49.6 Å². The molecule has 2 fully saturated rings. The van der Waals surface area contributed by atoms with E-state index < -0.39 is 0 Å². The monoisotopic (exact) mass is 267 g/mol. The summed E-state index contributed by atoms with van der Waals surface area (Å²) in [5.41, 5.74) is 5.88. The number of rotatable bonds is 6. The van der Waals surface area contributed by atoms with E-state index in [1.807, 2.05) is 0 Å². The van der Waals surface area contributed by atoms with Crippen LogP contribution in [0, 0.1) is 5.92 Å². The Balaban J connectivity index is 1.87. The lowest BCUT2D eigenvalue weighted by Crippen LogP contribution is -2.48. The molecule has 0 spiro atoms. The van der Waals surface area contributed by atoms with E-state index in [1.165, 1.54) is 38.5 Å². The molecule has 19 heavy (non-hydrogen) atoms. The molecule has 0 saturated heterocycles. The van der Waals surface area contributed by atoms with Crippen LogP contribution in [0.5, 0.6) is 0 Å². The van der Waals surface area contributed by atoms with Crippen LogP contribution in [0.1, 0.15) is 45.4 Å². The quantitative estimate of drug-likeness (QED) is 0.792. The molecule has 1 amide bonds. The van der Waals surface area contributed by atoms with Gasteiger partial charge in [0, 0.05) is 18.6 Å². The maximum atomic E-state index is 12.4. The summed E-state index contributed by atoms with van der Waals surface area (Å²) in [6, 6.07) is 1.03. The van der Waals surface area contributed by atoms with Crippen LogP contribution in [0.15, 0.2) is 0 Å². The summed E-state index contributed by atoms with van der Waals surface area (Å²) in [5.74, 6) is 0.872. The van der Waals surface area contributed by atoms with Gasteiger partial charge in [-0.15, -0.1) is 0 Å². The highest BCUT2D eigenvalue weighted by Gasteiger charge is 2.33. The van der Waals surface area contributed by atoms with E-state index in [9.17, 15) is 4.79 Å². The minimum absolute atomic E-state index is 0.300. The first kappa shape index (κ1) is 14.8. The molecular weight excluding hydrogens is 238 g/mol. The Morgan fingerprint density at radius 1 is 1.21 bits per heavy atom. The predicted octanol–water partition coefficient (Wildman–Crippen LogP) is 1.45. The molecule has 4 nitrogen and oxygen atoms in total. The van der Waals surface area contributed by atoms with Crippen LogP contribution in [0.3, 0.4) is 0 Å². The summed E-state index contributed by atoms with van der Waals surface area (Å²) in [4.78, 5) is 16.7. The smallest absolute Gasteiger partial charge is 0.236 e. The molecule has 2 atom stereocenters. The van der Waals surface area contributed by atoms with Crippen molar-refractivity contribution in [3.63, 3.8) is 0 Å². The third kappa shape index (κ3) is 3.69. The van der Waals surface area contributed by atoms with Crippen LogP contribution in [-0.2, 0) is 4.79 Å². The third-order valence-electron chi connectivity index (χ3n) is 4.77. The lowest BCUT2D eigenvalue weighted by atomic mass is 9.84. The number of nitrogens with two attached hydrogens (primary N) is 1. The Hall–Kier alpha value is -0.610. The molecule has 2 N–H and O–H groups in total. The molecule has 0 aromatic heterocycles. The van der Waals surface area contributed by atoms with Gasteiger partial charge in [0.1, 0.15) is 0 Å². The highest BCUT2D eigenvalue weighted by atomic mass is 16.2. The summed E-state index contributed by atoms with van der Waals surface area (Å²) in [6.45, 7) is 4.25. The summed E-state index contributed by atoms with van der Waals surface area (Å²) in [5, 5.41) is 0. The van der Waals surface area contributed by atoms with Crippen LogP contribution in [0.4, 0.5) is 0 Å². The Kier molecular flexibility index (Phi) is 5.22. The molecule has 0 aromatic rings. The fourth-order valence-electron chi connectivity index (χ4n) is 3.49. The largest absolute Gasteiger partial charge is 0.339 e. The van der Waals surface area contributed by atoms with E-state index in [0.29, 0.717) is 30.5 Å². The van der Waals surface area contributed by atoms with Crippen molar-refractivity contribution in [2.75, 3.05) is 26.7 Å². The maximum absolute atomic E-state index is 12.4. The lowest BCUT2D eigenvalue weighted by Gasteiger charge is -2.38. The van der Waals surface area contributed by atoms with Crippen molar-refractivity contribution in [3.05, 3.63) is 0 Å². The van der Waals surface area contributed by atoms with Crippen molar-refractivity contribution >= 4 is 5.91 Å². The van der Waals surface area contributed by atoms with E-state index in [2.05, 4.69) is 23.8 Å². The van der Waals surface area contributed by atoms with Crippen molar-refractivity contribution in [2.24, 2.45) is 11.7 Å². The van der Waals surface area contributed by atoms with E-state index in [4.69, 9.17) is 5.73 Å². The Morgan fingerprint density at radius 2 is 1.89 bits per heavy atom. The number of nitrogens with zero attached hydrogens (tertiary/aromatic N) is 2. The molecule has 2 rings (SSSR count). The highest BCUT2D eigenvalue weighted by molar-refractivity contribution is 5.78. The lowest BCUT2D eigenvalue weighted by molar-refractivity contribution is -0.133. The molecular formula is C15H29N3O. The molecule has 0 aliphatic heterocycles. The number of amides is 1. The number of hydrogen-bond donors (Lipinski definition) is 1. The van der Waals surface area contributed by atoms with Crippen molar-refractivity contribution < 1.29 is 4.79 Å². The molecule has 0 bridgehead atoms. The first-order valence-electron chi connectivity index (χ1n) is 7.87. The van der Waals surface area contributed by atoms with Crippen molar-refractivity contribution in [3.8, 4) is 0 Å². The average molecular weight is 267 g/mol. The zero-order valence-corrected chi connectivity index (χ0v) is 12.5. The third-order valence-corrected chi connectivity index (χ3v) is 4.77. The Morgan fingerprint density at radius 3 is 2.47 bits per heavy atom. The fourth-order valence-corrected chi connectivity index (χ4v) is 3.49. The van der Waals surface area contributed by atoms with Crippen molar-refractivity contribution in [2.45, 2.75) is 57.5 Å². The van der Waals surface area contributed by atoms with Gasteiger partial charge in [0.25, 0.3) is 0 Å². The molecule has 2 aliphatic rings. The number of carbonyl (C=O) groups excluding carboxylic acids is 1. The molecule has 110 valence electrons. The fraction of sp³-hybridized carbons (Fsp3) is 0.933. The normalized spacial score (nSPS) is 27.6. The maximum Gasteiger partial charge on any atom is 0.236 e. The van der Waals surface area contributed by atoms with Crippen molar-refractivity contribution in [1.82, 2.24) is 9.80 Å². The molecule has 2 unspecified atom stereocenters. The van der Waals surface area contributed by atoms with Gasteiger partial charge in [0.15, 0.2) is 0 Å². The average Bonchev–Trinajstić information content (AvgIpc) is 3.24. The van der Waals surface area contributed by atoms with Gasteiger partial charge in [-0.25, -0.2) is 0 Å². The second kappa shape index (κ2) is 6.71. The number of likely N-dealkylation sites (N-methyl/N-ethyl adjacent to an activating group) is 2. The minimum atomic E-state index is 0.300. The molecule has 0 aromatic carbocycles. The van der Waals surface area contributed by atoms with Crippen LogP contribution in [-0.4, -0.2) is 54.5 Å². The van der Waals surface area contributed by atoms with E-state index in [0.717, 1.165) is 13.1 Å². The van der Waals surface area contributed by atoms with Gasteiger partial charge in [0.2, 0.25) is 5.91 Å². The van der Waals surface area contributed by atoms with Crippen LogP contribution < -0.4 is 5.73 Å². The summed E-state index contributed by atoms with van der Waals surface area (Å²) >= 11 is 0. The zero-order valence-electron chi connectivity index (χ0n) is 12.5. The van der Waals surface area contributed by atoms with Gasteiger partial charge in [-0.05, 0) is 52.1 Å². The van der Waals surface area contributed by atoms with Gasteiger partial charge in [0.05, 0.1) is 6.54 Å². The first-order chi connectivity index (χ1) is 9.17. The number of carbonyl (C=O) groups is 1. The minimum Gasteiger partial charge on any atom is -0.339 e.